The Morgan fingerprint density at radius 2 is 1.78 bits per heavy atom. The minimum absolute atomic E-state index is 0.00668. The van der Waals surface area contributed by atoms with Crippen molar-refractivity contribution in [3.8, 4) is 22.8 Å². The Morgan fingerprint density at radius 1 is 0.972 bits per heavy atom. The van der Waals surface area contributed by atoms with Gasteiger partial charge in [0, 0.05) is 30.2 Å². The summed E-state index contributed by atoms with van der Waals surface area (Å²) in [4.78, 5) is 23.8. The molecule has 0 bridgehead atoms. The number of nitrogens with zero attached hydrogens (tertiary/aromatic N) is 5. The number of carbonyl (C=O) groups excluding carboxylic acids is 1. The molecule has 0 atom stereocenters. The molecule has 0 unspecified atom stereocenters. The lowest BCUT2D eigenvalue weighted by Gasteiger charge is -2.11. The number of hydrogen-bond donors (Lipinski definition) is 1. The maximum atomic E-state index is 13.6. The topological polar surface area (TPSA) is 94.8 Å². The summed E-state index contributed by atoms with van der Waals surface area (Å²) in [5.41, 5.74) is -0.597. The standard InChI is InChI=1S/C22H14F6N6O2/c23-21(24,25)12-36-19-6-3-14(10-31-19)20(35)32-18-5-4-15(11-30-18)34-17(22(26,27)28)8-16(33-34)13-2-1-7-29-9-13/h1-11H,12H2,(H,30,32,35). The molecule has 0 spiro atoms. The van der Waals surface area contributed by atoms with E-state index < -0.39 is 30.6 Å². The van der Waals surface area contributed by atoms with E-state index in [2.05, 4.69) is 30.1 Å². The van der Waals surface area contributed by atoms with Crippen molar-refractivity contribution in [1.82, 2.24) is 24.7 Å². The average Bonchev–Trinajstić information content (AvgIpc) is 3.30. The van der Waals surface area contributed by atoms with E-state index in [0.29, 0.717) is 10.2 Å². The Balaban J connectivity index is 1.49. The Morgan fingerprint density at radius 3 is 2.36 bits per heavy atom. The van der Waals surface area contributed by atoms with Crippen LogP contribution in [0.25, 0.3) is 16.9 Å². The van der Waals surface area contributed by atoms with Crippen LogP contribution in [0.15, 0.2) is 67.3 Å². The van der Waals surface area contributed by atoms with Crippen LogP contribution in [0.4, 0.5) is 32.2 Å². The molecular formula is C22H14F6N6O2. The summed E-state index contributed by atoms with van der Waals surface area (Å²) in [6.07, 6.45) is -4.27. The van der Waals surface area contributed by atoms with Gasteiger partial charge in [-0.1, -0.05) is 0 Å². The number of hydrogen-bond acceptors (Lipinski definition) is 6. The monoisotopic (exact) mass is 508 g/mol. The van der Waals surface area contributed by atoms with E-state index in [1.165, 1.54) is 30.6 Å². The molecule has 1 N–H and O–H groups in total. The van der Waals surface area contributed by atoms with Gasteiger partial charge in [0.15, 0.2) is 6.61 Å². The number of rotatable bonds is 6. The van der Waals surface area contributed by atoms with E-state index in [1.54, 1.807) is 12.1 Å². The van der Waals surface area contributed by atoms with Crippen molar-refractivity contribution < 1.29 is 35.9 Å². The smallest absolute Gasteiger partial charge is 0.433 e. The van der Waals surface area contributed by atoms with Gasteiger partial charge in [0.1, 0.15) is 11.5 Å². The van der Waals surface area contributed by atoms with Gasteiger partial charge in [0.25, 0.3) is 5.91 Å². The highest BCUT2D eigenvalue weighted by Crippen LogP contribution is 2.34. The number of alkyl halides is 6. The van der Waals surface area contributed by atoms with Gasteiger partial charge in [-0.15, -0.1) is 0 Å². The van der Waals surface area contributed by atoms with Gasteiger partial charge >= 0.3 is 12.4 Å². The molecule has 0 radical (unpaired) electrons. The largest absolute Gasteiger partial charge is 0.468 e. The highest BCUT2D eigenvalue weighted by atomic mass is 19.4. The molecule has 0 saturated heterocycles. The van der Waals surface area contributed by atoms with Crippen LogP contribution in [0, 0.1) is 0 Å². The van der Waals surface area contributed by atoms with E-state index in [4.69, 9.17) is 0 Å². The Bertz CT molecular complexity index is 1340. The van der Waals surface area contributed by atoms with Gasteiger partial charge in [-0.2, -0.15) is 31.4 Å². The Hall–Kier alpha value is -4.49. The van der Waals surface area contributed by atoms with Crippen molar-refractivity contribution >= 4 is 11.7 Å². The summed E-state index contributed by atoms with van der Waals surface area (Å²) >= 11 is 0. The van der Waals surface area contributed by atoms with Crippen molar-refractivity contribution in [1.29, 1.82) is 0 Å². The average molecular weight is 508 g/mol. The maximum Gasteiger partial charge on any atom is 0.433 e. The number of ether oxygens (including phenoxy) is 1. The summed E-state index contributed by atoms with van der Waals surface area (Å²) in [6.45, 7) is -1.53. The number of nitrogens with one attached hydrogen (secondary N) is 1. The first-order valence-electron chi connectivity index (χ1n) is 10.0. The van der Waals surface area contributed by atoms with Crippen LogP contribution in [0.2, 0.25) is 0 Å². The molecule has 8 nitrogen and oxygen atoms in total. The first-order valence-corrected chi connectivity index (χ1v) is 10.0. The van der Waals surface area contributed by atoms with Crippen LogP contribution in [0.1, 0.15) is 16.1 Å². The van der Waals surface area contributed by atoms with Crippen molar-refractivity contribution in [3.05, 3.63) is 78.5 Å². The number of aromatic nitrogens is 5. The minimum atomic E-state index is -4.71. The molecule has 4 aromatic rings. The third-order valence-corrected chi connectivity index (χ3v) is 4.57. The van der Waals surface area contributed by atoms with Crippen LogP contribution < -0.4 is 10.1 Å². The third kappa shape index (κ3) is 5.95. The molecule has 4 aromatic heterocycles. The highest BCUT2D eigenvalue weighted by molar-refractivity contribution is 6.03. The van der Waals surface area contributed by atoms with Crippen LogP contribution in [0.3, 0.4) is 0 Å². The second-order valence-electron chi connectivity index (χ2n) is 7.21. The molecule has 0 aromatic carbocycles. The second kappa shape index (κ2) is 9.64. The summed E-state index contributed by atoms with van der Waals surface area (Å²) in [5, 5.41) is 6.45. The predicted molar refractivity (Wildman–Crippen MR) is 113 cm³/mol. The van der Waals surface area contributed by atoms with E-state index in [-0.39, 0.29) is 28.6 Å². The van der Waals surface area contributed by atoms with Crippen molar-refractivity contribution in [2.45, 2.75) is 12.4 Å². The molecule has 0 fully saturated rings. The molecule has 1 amide bonds. The summed E-state index contributed by atoms with van der Waals surface area (Å²) in [6, 6.07) is 8.87. The molecule has 0 saturated carbocycles. The zero-order valence-electron chi connectivity index (χ0n) is 17.9. The Kier molecular flexibility index (Phi) is 6.59. The van der Waals surface area contributed by atoms with E-state index in [9.17, 15) is 31.1 Å². The maximum absolute atomic E-state index is 13.6. The molecule has 4 heterocycles. The SMILES string of the molecule is O=C(Nc1ccc(-n2nc(-c3cccnc3)cc2C(F)(F)F)cn1)c1ccc(OCC(F)(F)F)nc1. The fourth-order valence-corrected chi connectivity index (χ4v) is 2.96. The highest BCUT2D eigenvalue weighted by Gasteiger charge is 2.36. The van der Waals surface area contributed by atoms with E-state index >= 15 is 0 Å². The molecule has 0 aliphatic carbocycles. The number of amides is 1. The number of halogens is 6. The van der Waals surface area contributed by atoms with Gasteiger partial charge in [-0.05, 0) is 36.4 Å². The zero-order valence-corrected chi connectivity index (χ0v) is 17.9. The van der Waals surface area contributed by atoms with Crippen LogP contribution >= 0.6 is 0 Å². The summed E-state index contributed by atoms with van der Waals surface area (Å²) < 4.78 is 82.6. The first kappa shape index (κ1) is 24.6. The van der Waals surface area contributed by atoms with Crippen molar-refractivity contribution in [2.24, 2.45) is 0 Å². The number of pyridine rings is 3. The second-order valence-corrected chi connectivity index (χ2v) is 7.21. The zero-order chi connectivity index (χ0) is 25.9. The fourth-order valence-electron chi connectivity index (χ4n) is 2.96. The number of carbonyl (C=O) groups is 1. The molecular weight excluding hydrogens is 494 g/mol. The lowest BCUT2D eigenvalue weighted by atomic mass is 10.2. The van der Waals surface area contributed by atoms with Gasteiger partial charge in [0.2, 0.25) is 5.88 Å². The summed E-state index contributed by atoms with van der Waals surface area (Å²) in [7, 11) is 0. The molecule has 36 heavy (non-hydrogen) atoms. The van der Waals surface area contributed by atoms with E-state index in [0.717, 1.165) is 24.5 Å². The van der Waals surface area contributed by atoms with Crippen LogP contribution in [-0.4, -0.2) is 43.4 Å². The van der Waals surface area contributed by atoms with Crippen LogP contribution in [-0.2, 0) is 6.18 Å². The van der Waals surface area contributed by atoms with Crippen LogP contribution in [0.5, 0.6) is 5.88 Å². The Labute approximate surface area is 198 Å². The molecule has 0 aliphatic rings. The fraction of sp³-hybridized carbons (Fsp3) is 0.136. The van der Waals surface area contributed by atoms with Crippen molar-refractivity contribution in [3.63, 3.8) is 0 Å². The lowest BCUT2D eigenvalue weighted by molar-refractivity contribution is -0.154. The quantitative estimate of drug-likeness (QED) is 0.371. The van der Waals surface area contributed by atoms with E-state index in [1.807, 2.05) is 0 Å². The lowest BCUT2D eigenvalue weighted by Crippen LogP contribution is -2.20. The van der Waals surface area contributed by atoms with Gasteiger partial charge in [0.05, 0.1) is 23.1 Å². The van der Waals surface area contributed by atoms with Crippen molar-refractivity contribution in [2.75, 3.05) is 11.9 Å². The molecule has 14 heteroatoms. The predicted octanol–water partition coefficient (Wildman–Crippen LogP) is 4.94. The first-order chi connectivity index (χ1) is 17.0. The van der Waals surface area contributed by atoms with Gasteiger partial charge in [-0.25, -0.2) is 14.6 Å². The normalized spacial score (nSPS) is 11.8. The molecule has 4 rings (SSSR count). The molecule has 186 valence electrons. The molecule has 0 aliphatic heterocycles. The summed E-state index contributed by atoms with van der Waals surface area (Å²) in [5.74, 6) is -1.01. The van der Waals surface area contributed by atoms with Gasteiger partial charge < -0.3 is 10.1 Å². The third-order valence-electron chi connectivity index (χ3n) is 4.57. The number of anilines is 1. The minimum Gasteiger partial charge on any atom is -0.468 e. The van der Waals surface area contributed by atoms with Gasteiger partial charge in [-0.3, -0.25) is 9.78 Å².